The predicted molar refractivity (Wildman–Crippen MR) is 108 cm³/mol. The normalized spacial score (nSPS) is 11.0. The van der Waals surface area contributed by atoms with Gasteiger partial charge in [-0.25, -0.2) is 4.98 Å². The summed E-state index contributed by atoms with van der Waals surface area (Å²) in [5, 5.41) is 1.36. The summed E-state index contributed by atoms with van der Waals surface area (Å²) in [6.07, 6.45) is 1.02. The van der Waals surface area contributed by atoms with E-state index >= 15 is 0 Å². The molecule has 0 amide bonds. The number of rotatable bonds is 5. The van der Waals surface area contributed by atoms with Crippen molar-refractivity contribution in [2.75, 3.05) is 12.9 Å². The van der Waals surface area contributed by atoms with E-state index in [1.807, 2.05) is 42.5 Å². The van der Waals surface area contributed by atoms with Crippen LogP contribution in [0.15, 0.2) is 52.4 Å². The molecule has 0 atom stereocenters. The highest BCUT2D eigenvalue weighted by molar-refractivity contribution is 14.1. The van der Waals surface area contributed by atoms with Crippen LogP contribution in [-0.4, -0.2) is 22.4 Å². The predicted octanol–water partition coefficient (Wildman–Crippen LogP) is 4.50. The van der Waals surface area contributed by atoms with Crippen LogP contribution < -0.4 is 10.3 Å². The lowest BCUT2D eigenvalue weighted by molar-refractivity contribution is 0.414. The van der Waals surface area contributed by atoms with Gasteiger partial charge in [-0.3, -0.25) is 9.36 Å². The Hall–Kier alpha value is -1.54. The lowest BCUT2D eigenvalue weighted by atomic mass is 10.2. The number of methoxy groups -OCH3 is 1. The van der Waals surface area contributed by atoms with E-state index in [9.17, 15) is 4.79 Å². The lowest BCUT2D eigenvalue weighted by Gasteiger charge is -2.13. The van der Waals surface area contributed by atoms with Crippen molar-refractivity contribution < 1.29 is 4.74 Å². The highest BCUT2D eigenvalue weighted by Gasteiger charge is 2.13. The van der Waals surface area contributed by atoms with Gasteiger partial charge in [0.2, 0.25) is 0 Å². The number of hydrogen-bond donors (Lipinski definition) is 0. The second kappa shape index (κ2) is 7.57. The minimum Gasteiger partial charge on any atom is -0.497 e. The van der Waals surface area contributed by atoms with Gasteiger partial charge in [0, 0.05) is 9.32 Å². The largest absolute Gasteiger partial charge is 0.497 e. The minimum atomic E-state index is -0.0396. The zero-order chi connectivity index (χ0) is 17.1. The first kappa shape index (κ1) is 17.3. The van der Waals surface area contributed by atoms with Gasteiger partial charge >= 0.3 is 0 Å². The van der Waals surface area contributed by atoms with Crippen LogP contribution in [0.1, 0.15) is 13.3 Å². The Morgan fingerprint density at radius 3 is 2.62 bits per heavy atom. The number of fused-ring (bicyclic) bond motifs is 1. The summed E-state index contributed by atoms with van der Waals surface area (Å²) in [7, 11) is 1.63. The van der Waals surface area contributed by atoms with Gasteiger partial charge in [0.05, 0.1) is 23.7 Å². The molecule has 4 nitrogen and oxygen atoms in total. The van der Waals surface area contributed by atoms with Crippen molar-refractivity contribution in [1.29, 1.82) is 0 Å². The molecule has 1 aromatic heterocycles. The molecule has 6 heteroatoms. The van der Waals surface area contributed by atoms with E-state index in [0.717, 1.165) is 37.9 Å². The Bertz CT molecular complexity index is 923. The number of benzene rings is 2. The maximum absolute atomic E-state index is 13.1. The average molecular weight is 452 g/mol. The maximum atomic E-state index is 13.1. The van der Waals surface area contributed by atoms with Crippen LogP contribution in [-0.2, 0) is 0 Å². The Morgan fingerprint density at radius 2 is 1.96 bits per heavy atom. The highest BCUT2D eigenvalue weighted by atomic mass is 127. The highest BCUT2D eigenvalue weighted by Crippen LogP contribution is 2.23. The van der Waals surface area contributed by atoms with Gasteiger partial charge in [-0.2, -0.15) is 0 Å². The molecule has 0 aliphatic rings. The molecule has 0 radical (unpaired) electrons. The molecular formula is C18H17IN2O2S. The molecule has 0 saturated carbocycles. The van der Waals surface area contributed by atoms with Crippen LogP contribution in [0.2, 0.25) is 0 Å². The van der Waals surface area contributed by atoms with Crippen LogP contribution in [0, 0.1) is 3.57 Å². The Kier molecular flexibility index (Phi) is 5.45. The number of hydrogen-bond acceptors (Lipinski definition) is 4. The second-order valence-electron chi connectivity index (χ2n) is 5.24. The van der Waals surface area contributed by atoms with Crippen molar-refractivity contribution in [2.45, 2.75) is 18.5 Å². The Morgan fingerprint density at radius 1 is 1.21 bits per heavy atom. The summed E-state index contributed by atoms with van der Waals surface area (Å²) in [5.41, 5.74) is 1.50. The van der Waals surface area contributed by atoms with Crippen molar-refractivity contribution in [3.63, 3.8) is 0 Å². The number of halogens is 1. The molecule has 0 bridgehead atoms. The van der Waals surface area contributed by atoms with E-state index in [0.29, 0.717) is 5.39 Å². The minimum absolute atomic E-state index is 0.0396. The summed E-state index contributed by atoms with van der Waals surface area (Å²) >= 11 is 3.82. The molecule has 0 N–H and O–H groups in total. The summed E-state index contributed by atoms with van der Waals surface area (Å²) in [6.45, 7) is 2.12. The maximum Gasteiger partial charge on any atom is 0.266 e. The van der Waals surface area contributed by atoms with Gasteiger partial charge < -0.3 is 4.74 Å². The van der Waals surface area contributed by atoms with E-state index in [-0.39, 0.29) is 5.56 Å². The van der Waals surface area contributed by atoms with E-state index < -0.39 is 0 Å². The van der Waals surface area contributed by atoms with E-state index in [1.54, 1.807) is 23.4 Å². The molecule has 0 spiro atoms. The number of nitrogens with zero attached hydrogens (tertiary/aromatic N) is 2. The SMILES string of the molecule is CCCSc1nc2ccc(I)cc2c(=O)n1-c1ccc(OC)cc1. The van der Waals surface area contributed by atoms with E-state index in [4.69, 9.17) is 9.72 Å². The summed E-state index contributed by atoms with van der Waals surface area (Å²) in [5.74, 6) is 1.68. The van der Waals surface area contributed by atoms with Crippen LogP contribution in [0.5, 0.6) is 5.75 Å². The molecule has 2 aromatic carbocycles. The van der Waals surface area contributed by atoms with Crippen LogP contribution in [0.3, 0.4) is 0 Å². The molecule has 3 aromatic rings. The fourth-order valence-electron chi connectivity index (χ4n) is 2.39. The molecule has 0 aliphatic heterocycles. The third-order valence-corrected chi connectivity index (χ3v) is 5.38. The fourth-order valence-corrected chi connectivity index (χ4v) is 3.74. The van der Waals surface area contributed by atoms with Crippen molar-refractivity contribution in [2.24, 2.45) is 0 Å². The summed E-state index contributed by atoms with van der Waals surface area (Å²) in [4.78, 5) is 17.8. The van der Waals surface area contributed by atoms with Gasteiger partial charge in [-0.05, 0) is 71.5 Å². The lowest BCUT2D eigenvalue weighted by Crippen LogP contribution is -2.22. The number of ether oxygens (including phenoxy) is 1. The van der Waals surface area contributed by atoms with E-state index in [1.165, 1.54) is 0 Å². The van der Waals surface area contributed by atoms with Gasteiger partial charge in [0.25, 0.3) is 5.56 Å². The quantitative estimate of drug-likeness (QED) is 0.325. The van der Waals surface area contributed by atoms with Gasteiger partial charge in [0.1, 0.15) is 5.75 Å². The summed E-state index contributed by atoms with van der Waals surface area (Å²) in [6, 6.07) is 13.3. The van der Waals surface area contributed by atoms with Crippen molar-refractivity contribution >= 4 is 45.3 Å². The van der Waals surface area contributed by atoms with Crippen molar-refractivity contribution in [1.82, 2.24) is 9.55 Å². The molecule has 0 saturated heterocycles. The first-order chi connectivity index (χ1) is 11.6. The molecule has 0 fully saturated rings. The van der Waals surface area contributed by atoms with Crippen molar-refractivity contribution in [3.05, 3.63) is 56.4 Å². The molecular weight excluding hydrogens is 435 g/mol. The smallest absolute Gasteiger partial charge is 0.266 e. The fraction of sp³-hybridized carbons (Fsp3) is 0.222. The average Bonchev–Trinajstić information content (AvgIpc) is 2.61. The summed E-state index contributed by atoms with van der Waals surface area (Å²) < 4.78 is 7.92. The third-order valence-electron chi connectivity index (χ3n) is 3.57. The first-order valence-corrected chi connectivity index (χ1v) is 9.70. The van der Waals surface area contributed by atoms with Gasteiger partial charge in [-0.1, -0.05) is 18.7 Å². The Balaban J connectivity index is 2.25. The zero-order valence-corrected chi connectivity index (χ0v) is 16.4. The first-order valence-electron chi connectivity index (χ1n) is 7.63. The van der Waals surface area contributed by atoms with Crippen LogP contribution >= 0.6 is 34.4 Å². The van der Waals surface area contributed by atoms with Crippen LogP contribution in [0.25, 0.3) is 16.6 Å². The zero-order valence-electron chi connectivity index (χ0n) is 13.5. The molecule has 1 heterocycles. The molecule has 0 unspecified atom stereocenters. The van der Waals surface area contributed by atoms with Crippen LogP contribution in [0.4, 0.5) is 0 Å². The van der Waals surface area contributed by atoms with Gasteiger partial charge in [0.15, 0.2) is 5.16 Å². The molecule has 3 rings (SSSR count). The third kappa shape index (κ3) is 3.44. The standard InChI is InChI=1S/C18H17IN2O2S/c1-3-10-24-18-20-16-9-4-12(19)11-15(16)17(22)21(18)13-5-7-14(23-2)8-6-13/h4-9,11H,3,10H2,1-2H3. The monoisotopic (exact) mass is 452 g/mol. The topological polar surface area (TPSA) is 44.1 Å². The van der Waals surface area contributed by atoms with Crippen molar-refractivity contribution in [3.8, 4) is 11.4 Å². The molecule has 124 valence electrons. The van der Waals surface area contributed by atoms with E-state index in [2.05, 4.69) is 29.5 Å². The Labute approximate surface area is 158 Å². The number of aromatic nitrogens is 2. The molecule has 24 heavy (non-hydrogen) atoms. The second-order valence-corrected chi connectivity index (χ2v) is 7.55. The van der Waals surface area contributed by atoms with Gasteiger partial charge in [-0.15, -0.1) is 0 Å². The molecule has 0 aliphatic carbocycles. The number of thioether (sulfide) groups is 1.